The number of nitrogens with zero attached hydrogens (tertiary/aromatic N) is 2. The first-order valence-electron chi connectivity index (χ1n) is 8.36. The lowest BCUT2D eigenvalue weighted by molar-refractivity contribution is -0.385. The fourth-order valence-corrected chi connectivity index (χ4v) is 3.00. The van der Waals surface area contributed by atoms with E-state index in [4.69, 9.17) is 4.74 Å². The van der Waals surface area contributed by atoms with E-state index >= 15 is 0 Å². The van der Waals surface area contributed by atoms with Crippen LogP contribution in [0.25, 0.3) is 0 Å². The van der Waals surface area contributed by atoms with E-state index in [-0.39, 0.29) is 30.2 Å². The van der Waals surface area contributed by atoms with Crippen LogP contribution in [0.4, 0.5) is 15.8 Å². The Hall–Kier alpha value is -3.29. The molecule has 0 aliphatic carbocycles. The molecule has 1 fully saturated rings. The molecule has 0 spiro atoms. The number of esters is 1. The summed E-state index contributed by atoms with van der Waals surface area (Å²) < 4.78 is 19.3. The van der Waals surface area contributed by atoms with Gasteiger partial charge in [-0.15, -0.1) is 0 Å². The molecule has 1 aliphatic heterocycles. The third-order valence-electron chi connectivity index (χ3n) is 4.44. The summed E-state index contributed by atoms with van der Waals surface area (Å²) in [4.78, 5) is 36.2. The zero-order valence-corrected chi connectivity index (χ0v) is 14.5. The minimum absolute atomic E-state index is 0.0280. The second-order valence-corrected chi connectivity index (χ2v) is 6.29. The van der Waals surface area contributed by atoms with Crippen molar-refractivity contribution in [1.29, 1.82) is 0 Å². The highest BCUT2D eigenvalue weighted by molar-refractivity contribution is 5.99. The number of non-ortho nitro benzene ring substituents is 1. The van der Waals surface area contributed by atoms with Crippen LogP contribution < -0.4 is 4.90 Å². The monoisotopic (exact) mass is 372 g/mol. The maximum absolute atomic E-state index is 13.9. The van der Waals surface area contributed by atoms with E-state index in [0.29, 0.717) is 5.56 Å². The lowest BCUT2D eigenvalue weighted by Gasteiger charge is -2.18. The Morgan fingerprint density at radius 3 is 2.74 bits per heavy atom. The predicted octanol–water partition coefficient (Wildman–Crippen LogP) is 3.39. The highest BCUT2D eigenvalue weighted by atomic mass is 19.1. The molecule has 0 N–H and O–H groups in total. The smallest absolute Gasteiger partial charge is 0.311 e. The Kier molecular flexibility index (Phi) is 5.16. The number of para-hydroxylation sites is 1. The molecule has 0 aromatic heterocycles. The fourth-order valence-electron chi connectivity index (χ4n) is 3.00. The van der Waals surface area contributed by atoms with Gasteiger partial charge >= 0.3 is 5.97 Å². The van der Waals surface area contributed by atoms with Crippen LogP contribution in [-0.4, -0.2) is 23.3 Å². The second kappa shape index (κ2) is 7.53. The number of nitro groups is 1. The number of carbonyl (C=O) groups excluding carboxylic acids is 2. The normalized spacial score (nSPS) is 17.6. The number of anilines is 1. The maximum atomic E-state index is 13.9. The Balaban J connectivity index is 1.68. The lowest BCUT2D eigenvalue weighted by atomic mass is 10.1. The topological polar surface area (TPSA) is 89.8 Å². The van der Waals surface area contributed by atoms with Gasteiger partial charge in [-0.05, 0) is 24.6 Å². The van der Waals surface area contributed by atoms with Crippen molar-refractivity contribution in [2.45, 2.75) is 19.4 Å². The summed E-state index contributed by atoms with van der Waals surface area (Å²) in [5.74, 6) is -2.21. The molecule has 3 rings (SSSR count). The maximum Gasteiger partial charge on any atom is 0.311 e. The van der Waals surface area contributed by atoms with E-state index in [1.165, 1.54) is 41.3 Å². The van der Waals surface area contributed by atoms with Crippen LogP contribution in [0, 0.1) is 21.8 Å². The molecular weight excluding hydrogens is 355 g/mol. The molecular formula is C19H17FN2O5. The second-order valence-electron chi connectivity index (χ2n) is 6.29. The predicted molar refractivity (Wildman–Crippen MR) is 94.5 cm³/mol. The number of hydrogen-bond acceptors (Lipinski definition) is 5. The summed E-state index contributed by atoms with van der Waals surface area (Å²) in [6, 6.07) is 11.7. The van der Waals surface area contributed by atoms with Crippen molar-refractivity contribution in [3.05, 3.63) is 70.0 Å². The molecule has 1 heterocycles. The first-order chi connectivity index (χ1) is 12.9. The van der Waals surface area contributed by atoms with E-state index in [1.54, 1.807) is 19.1 Å². The number of hydrogen-bond donors (Lipinski definition) is 0. The molecule has 0 radical (unpaired) electrons. The van der Waals surface area contributed by atoms with Crippen LogP contribution >= 0.6 is 0 Å². The van der Waals surface area contributed by atoms with Crippen molar-refractivity contribution < 1.29 is 23.6 Å². The van der Waals surface area contributed by atoms with E-state index in [2.05, 4.69) is 0 Å². The number of carbonyl (C=O) groups is 2. The molecule has 0 saturated carbocycles. The highest BCUT2D eigenvalue weighted by Crippen LogP contribution is 2.29. The van der Waals surface area contributed by atoms with Gasteiger partial charge < -0.3 is 9.64 Å². The Bertz CT molecular complexity index is 901. The van der Waals surface area contributed by atoms with Crippen molar-refractivity contribution >= 4 is 23.3 Å². The summed E-state index contributed by atoms with van der Waals surface area (Å²) >= 11 is 0. The molecule has 2 aromatic rings. The number of ether oxygens (including phenoxy) is 1. The summed E-state index contributed by atoms with van der Waals surface area (Å²) in [6.07, 6.45) is -0.788. The van der Waals surface area contributed by atoms with Crippen LogP contribution in [0.1, 0.15) is 25.0 Å². The van der Waals surface area contributed by atoms with Crippen LogP contribution in [0.3, 0.4) is 0 Å². The molecule has 8 heteroatoms. The summed E-state index contributed by atoms with van der Waals surface area (Å²) in [5, 5.41) is 10.9. The van der Waals surface area contributed by atoms with E-state index in [0.717, 1.165) is 0 Å². The SMILES string of the molecule is C[C@@H](OC(=O)[C@H]1CC(=O)N(c2ccccc2F)C1)c1cccc([N+](=O)[O-])c1. The number of benzene rings is 2. The first kappa shape index (κ1) is 18.5. The van der Waals surface area contributed by atoms with Crippen LogP contribution in [0.5, 0.6) is 0 Å². The lowest BCUT2D eigenvalue weighted by Crippen LogP contribution is -2.27. The van der Waals surface area contributed by atoms with Gasteiger partial charge in [-0.1, -0.05) is 24.3 Å². The average Bonchev–Trinajstić information content (AvgIpc) is 3.04. The van der Waals surface area contributed by atoms with Crippen molar-refractivity contribution in [2.75, 3.05) is 11.4 Å². The van der Waals surface area contributed by atoms with Crippen molar-refractivity contribution in [3.8, 4) is 0 Å². The number of nitro benzene ring substituents is 1. The van der Waals surface area contributed by atoms with Gasteiger partial charge in [0.2, 0.25) is 5.91 Å². The minimum atomic E-state index is -0.724. The third-order valence-corrected chi connectivity index (χ3v) is 4.44. The molecule has 0 unspecified atom stereocenters. The summed E-state index contributed by atoms with van der Waals surface area (Å²) in [5.41, 5.74) is 0.509. The van der Waals surface area contributed by atoms with Crippen LogP contribution in [0.2, 0.25) is 0 Å². The van der Waals surface area contributed by atoms with Gasteiger partial charge in [-0.2, -0.15) is 0 Å². The van der Waals surface area contributed by atoms with Gasteiger partial charge in [-0.25, -0.2) is 4.39 Å². The molecule has 27 heavy (non-hydrogen) atoms. The molecule has 1 amide bonds. The third kappa shape index (κ3) is 3.94. The van der Waals surface area contributed by atoms with Crippen LogP contribution in [0.15, 0.2) is 48.5 Å². The molecule has 2 aromatic carbocycles. The van der Waals surface area contributed by atoms with Gasteiger partial charge in [0.1, 0.15) is 11.9 Å². The highest BCUT2D eigenvalue weighted by Gasteiger charge is 2.37. The first-order valence-corrected chi connectivity index (χ1v) is 8.36. The van der Waals surface area contributed by atoms with E-state index in [9.17, 15) is 24.1 Å². The molecule has 0 bridgehead atoms. The zero-order valence-electron chi connectivity index (χ0n) is 14.5. The van der Waals surface area contributed by atoms with Gasteiger partial charge in [0.25, 0.3) is 5.69 Å². The van der Waals surface area contributed by atoms with Crippen molar-refractivity contribution in [1.82, 2.24) is 0 Å². The minimum Gasteiger partial charge on any atom is -0.458 e. The molecule has 1 saturated heterocycles. The van der Waals surface area contributed by atoms with Crippen LogP contribution in [-0.2, 0) is 14.3 Å². The molecule has 1 aliphatic rings. The molecule has 7 nitrogen and oxygen atoms in total. The van der Waals surface area contributed by atoms with Gasteiger partial charge in [0.05, 0.1) is 16.5 Å². The van der Waals surface area contributed by atoms with Gasteiger partial charge in [-0.3, -0.25) is 19.7 Å². The van der Waals surface area contributed by atoms with Crippen molar-refractivity contribution in [2.24, 2.45) is 5.92 Å². The summed E-state index contributed by atoms with van der Waals surface area (Å²) in [7, 11) is 0. The number of rotatable bonds is 5. The quantitative estimate of drug-likeness (QED) is 0.456. The van der Waals surface area contributed by atoms with E-state index < -0.39 is 28.7 Å². The zero-order chi connectivity index (χ0) is 19.6. The Labute approximate surface area is 154 Å². The standard InChI is InChI=1S/C19H17FN2O5/c1-12(13-5-4-6-15(9-13)22(25)26)27-19(24)14-10-18(23)21(11-14)17-8-3-2-7-16(17)20/h2-9,12,14H,10-11H2,1H3/t12-,14+/m1/s1. The van der Waals surface area contributed by atoms with Crippen molar-refractivity contribution in [3.63, 3.8) is 0 Å². The Morgan fingerprint density at radius 2 is 2.04 bits per heavy atom. The van der Waals surface area contributed by atoms with Gasteiger partial charge in [0.15, 0.2) is 0 Å². The van der Waals surface area contributed by atoms with Gasteiger partial charge in [0, 0.05) is 25.1 Å². The largest absolute Gasteiger partial charge is 0.458 e. The number of halogens is 1. The average molecular weight is 372 g/mol. The fraction of sp³-hybridized carbons (Fsp3) is 0.263. The Morgan fingerprint density at radius 1 is 1.30 bits per heavy atom. The molecule has 2 atom stereocenters. The summed E-state index contributed by atoms with van der Waals surface area (Å²) in [6.45, 7) is 1.63. The molecule has 140 valence electrons. The number of amides is 1. The van der Waals surface area contributed by atoms with E-state index in [1.807, 2.05) is 0 Å².